The number of likely N-dealkylation sites (tertiary alicyclic amines) is 1. The fourth-order valence-corrected chi connectivity index (χ4v) is 3.60. The van der Waals surface area contributed by atoms with Gasteiger partial charge in [-0.05, 0) is 37.3 Å². The van der Waals surface area contributed by atoms with Crippen molar-refractivity contribution in [3.05, 3.63) is 60.2 Å². The van der Waals surface area contributed by atoms with Crippen LogP contribution in [0.2, 0.25) is 0 Å². The minimum Gasteiger partial charge on any atom is -0.382 e. The molecule has 2 aromatic heterocycles. The number of anilines is 1. The lowest BCUT2D eigenvalue weighted by Gasteiger charge is -2.32. The summed E-state index contributed by atoms with van der Waals surface area (Å²) in [4.78, 5) is 27.7. The van der Waals surface area contributed by atoms with Crippen molar-refractivity contribution in [3.8, 4) is 0 Å². The number of nitrogen functional groups attached to an aromatic ring is 1. The summed E-state index contributed by atoms with van der Waals surface area (Å²) in [5, 5.41) is 0.985. The van der Waals surface area contributed by atoms with Gasteiger partial charge in [0.1, 0.15) is 5.82 Å². The van der Waals surface area contributed by atoms with Crippen molar-refractivity contribution in [3.63, 3.8) is 0 Å². The average Bonchev–Trinajstić information content (AvgIpc) is 2.69. The lowest BCUT2D eigenvalue weighted by atomic mass is 9.93. The second kappa shape index (κ2) is 7.07. The van der Waals surface area contributed by atoms with Gasteiger partial charge in [-0.25, -0.2) is 4.98 Å². The molecule has 4 rings (SSSR count). The van der Waals surface area contributed by atoms with E-state index >= 15 is 0 Å². The first-order chi connectivity index (χ1) is 12.7. The van der Waals surface area contributed by atoms with Crippen LogP contribution in [0.4, 0.5) is 5.82 Å². The number of carbonyl (C=O) groups excluding carboxylic acids is 1. The lowest BCUT2D eigenvalue weighted by Crippen LogP contribution is -2.40. The minimum absolute atomic E-state index is 0.0417. The maximum absolute atomic E-state index is 12.9. The lowest BCUT2D eigenvalue weighted by molar-refractivity contribution is 0.0672. The fraction of sp³-hybridized carbons (Fsp3) is 0.300. The molecule has 26 heavy (non-hydrogen) atoms. The van der Waals surface area contributed by atoms with Crippen LogP contribution in [0.5, 0.6) is 0 Å². The highest BCUT2D eigenvalue weighted by Crippen LogP contribution is 2.23. The van der Waals surface area contributed by atoms with Crippen molar-refractivity contribution >= 4 is 22.6 Å². The molecule has 1 fully saturated rings. The van der Waals surface area contributed by atoms with Crippen LogP contribution in [0.25, 0.3) is 10.9 Å². The summed E-state index contributed by atoms with van der Waals surface area (Å²) in [7, 11) is 0. The molecule has 0 saturated carbocycles. The van der Waals surface area contributed by atoms with Crippen LogP contribution in [0.15, 0.2) is 48.9 Å². The van der Waals surface area contributed by atoms with Crippen LogP contribution >= 0.6 is 0 Å². The Hall–Kier alpha value is -3.02. The number of para-hydroxylation sites is 1. The number of benzene rings is 1. The molecule has 0 bridgehead atoms. The van der Waals surface area contributed by atoms with E-state index in [0.717, 1.165) is 42.4 Å². The third kappa shape index (κ3) is 3.35. The van der Waals surface area contributed by atoms with Gasteiger partial charge in [-0.2, -0.15) is 0 Å². The summed E-state index contributed by atoms with van der Waals surface area (Å²) in [5.41, 5.74) is 8.28. The largest absolute Gasteiger partial charge is 0.382 e. The summed E-state index contributed by atoms with van der Waals surface area (Å²) in [6.07, 6.45) is 7.74. The second-order valence-corrected chi connectivity index (χ2v) is 6.77. The molecular weight excluding hydrogens is 326 g/mol. The van der Waals surface area contributed by atoms with Gasteiger partial charge in [-0.15, -0.1) is 0 Å². The molecule has 0 spiro atoms. The molecule has 3 heterocycles. The van der Waals surface area contributed by atoms with Crippen molar-refractivity contribution in [1.82, 2.24) is 19.9 Å². The molecule has 1 aromatic carbocycles. The van der Waals surface area contributed by atoms with Gasteiger partial charge in [0.15, 0.2) is 0 Å². The number of rotatable bonds is 3. The maximum Gasteiger partial charge on any atom is 0.255 e. The number of carbonyl (C=O) groups is 1. The third-order valence-electron chi connectivity index (χ3n) is 4.93. The Bertz CT molecular complexity index is 942. The van der Waals surface area contributed by atoms with Crippen molar-refractivity contribution in [2.75, 3.05) is 18.8 Å². The Kier molecular flexibility index (Phi) is 4.48. The van der Waals surface area contributed by atoms with Crippen LogP contribution in [0.3, 0.4) is 0 Å². The first-order valence-corrected chi connectivity index (χ1v) is 8.90. The molecule has 1 aliphatic rings. The molecule has 1 saturated heterocycles. The predicted octanol–water partition coefficient (Wildman–Crippen LogP) is 2.70. The SMILES string of the molecule is Nc1nccnc1C[C@@H]1CCCN(C(=O)c2cnc3ccccc3c2)C1. The van der Waals surface area contributed by atoms with Crippen LogP contribution in [-0.2, 0) is 6.42 Å². The van der Waals surface area contributed by atoms with Gasteiger partial charge in [0, 0.05) is 37.1 Å². The zero-order valence-electron chi connectivity index (χ0n) is 14.5. The van der Waals surface area contributed by atoms with Gasteiger partial charge in [0.2, 0.25) is 0 Å². The number of pyridine rings is 1. The Morgan fingerprint density at radius 1 is 1.19 bits per heavy atom. The van der Waals surface area contributed by atoms with E-state index in [-0.39, 0.29) is 5.91 Å². The summed E-state index contributed by atoms with van der Waals surface area (Å²) < 4.78 is 0. The molecule has 6 nitrogen and oxygen atoms in total. The van der Waals surface area contributed by atoms with E-state index in [0.29, 0.717) is 23.8 Å². The fourth-order valence-electron chi connectivity index (χ4n) is 3.60. The number of amides is 1. The number of piperidine rings is 1. The van der Waals surface area contributed by atoms with Crippen LogP contribution in [0, 0.1) is 5.92 Å². The Labute approximate surface area is 152 Å². The minimum atomic E-state index is 0.0417. The Morgan fingerprint density at radius 3 is 2.92 bits per heavy atom. The molecule has 3 aromatic rings. The van der Waals surface area contributed by atoms with E-state index in [4.69, 9.17) is 5.73 Å². The molecule has 6 heteroatoms. The van der Waals surface area contributed by atoms with E-state index in [9.17, 15) is 4.79 Å². The standard InChI is InChI=1S/C20H21N5O/c21-19-18(22-7-8-23-19)10-14-4-3-9-25(13-14)20(26)16-11-15-5-1-2-6-17(15)24-12-16/h1-2,5-8,11-12,14H,3-4,9-10,13H2,(H2,21,23)/t14-/m0/s1. The van der Waals surface area contributed by atoms with Crippen LogP contribution in [-0.4, -0.2) is 38.8 Å². The number of nitrogens with two attached hydrogens (primary N) is 1. The first-order valence-electron chi connectivity index (χ1n) is 8.90. The first kappa shape index (κ1) is 16.4. The number of hydrogen-bond donors (Lipinski definition) is 1. The van der Waals surface area contributed by atoms with Crippen molar-refractivity contribution in [2.24, 2.45) is 5.92 Å². The molecule has 0 radical (unpaired) electrons. The summed E-state index contributed by atoms with van der Waals surface area (Å²) >= 11 is 0. The Morgan fingerprint density at radius 2 is 2.04 bits per heavy atom. The average molecular weight is 347 g/mol. The molecule has 0 aliphatic carbocycles. The van der Waals surface area contributed by atoms with E-state index in [2.05, 4.69) is 15.0 Å². The van der Waals surface area contributed by atoms with Gasteiger partial charge < -0.3 is 10.6 Å². The van der Waals surface area contributed by atoms with E-state index < -0.39 is 0 Å². The van der Waals surface area contributed by atoms with E-state index in [1.807, 2.05) is 35.2 Å². The molecule has 132 valence electrons. The predicted molar refractivity (Wildman–Crippen MR) is 101 cm³/mol. The van der Waals surface area contributed by atoms with Gasteiger partial charge >= 0.3 is 0 Å². The molecule has 1 aliphatic heterocycles. The topological polar surface area (TPSA) is 85.0 Å². The van der Waals surface area contributed by atoms with Crippen molar-refractivity contribution in [2.45, 2.75) is 19.3 Å². The number of aromatic nitrogens is 3. The molecule has 2 N–H and O–H groups in total. The van der Waals surface area contributed by atoms with Crippen LogP contribution in [0.1, 0.15) is 28.9 Å². The third-order valence-corrected chi connectivity index (χ3v) is 4.93. The van der Waals surface area contributed by atoms with Crippen molar-refractivity contribution < 1.29 is 4.79 Å². The van der Waals surface area contributed by atoms with Crippen LogP contribution < -0.4 is 5.73 Å². The highest BCUT2D eigenvalue weighted by molar-refractivity contribution is 5.97. The zero-order valence-corrected chi connectivity index (χ0v) is 14.5. The van der Waals surface area contributed by atoms with E-state index in [1.165, 1.54) is 0 Å². The van der Waals surface area contributed by atoms with E-state index in [1.54, 1.807) is 18.6 Å². The summed E-state index contributed by atoms with van der Waals surface area (Å²) in [5.74, 6) is 0.870. The number of nitrogens with zero attached hydrogens (tertiary/aromatic N) is 4. The zero-order chi connectivity index (χ0) is 17.9. The highest BCUT2D eigenvalue weighted by atomic mass is 16.2. The molecule has 1 amide bonds. The molecular formula is C20H21N5O. The second-order valence-electron chi connectivity index (χ2n) is 6.77. The van der Waals surface area contributed by atoms with Gasteiger partial charge in [0.05, 0.1) is 16.8 Å². The molecule has 1 atom stereocenters. The summed E-state index contributed by atoms with van der Waals surface area (Å²) in [6.45, 7) is 1.49. The number of fused-ring (bicyclic) bond motifs is 1. The van der Waals surface area contributed by atoms with Gasteiger partial charge in [-0.3, -0.25) is 14.8 Å². The normalized spacial score (nSPS) is 17.4. The quantitative estimate of drug-likeness (QED) is 0.787. The van der Waals surface area contributed by atoms with Gasteiger partial charge in [-0.1, -0.05) is 18.2 Å². The summed E-state index contributed by atoms with van der Waals surface area (Å²) in [6, 6.07) is 9.76. The Balaban J connectivity index is 1.49. The smallest absolute Gasteiger partial charge is 0.255 e. The highest BCUT2D eigenvalue weighted by Gasteiger charge is 2.25. The van der Waals surface area contributed by atoms with Crippen molar-refractivity contribution in [1.29, 1.82) is 0 Å². The number of hydrogen-bond acceptors (Lipinski definition) is 5. The molecule has 0 unspecified atom stereocenters. The maximum atomic E-state index is 12.9. The van der Waals surface area contributed by atoms with Gasteiger partial charge in [0.25, 0.3) is 5.91 Å². The monoisotopic (exact) mass is 347 g/mol.